The zero-order chi connectivity index (χ0) is 22.1. The lowest BCUT2D eigenvalue weighted by atomic mass is 10.1. The number of anilines is 1. The quantitative estimate of drug-likeness (QED) is 0.477. The minimum absolute atomic E-state index is 0.0772. The minimum Gasteiger partial charge on any atom is -0.353 e. The lowest BCUT2D eigenvalue weighted by Crippen LogP contribution is -2.49. The summed E-state index contributed by atoms with van der Waals surface area (Å²) < 4.78 is 1.83. The van der Waals surface area contributed by atoms with Gasteiger partial charge in [-0.25, -0.2) is 14.6 Å². The van der Waals surface area contributed by atoms with Crippen LogP contribution in [0.15, 0.2) is 60.2 Å². The molecular formula is C24H24N6OS. The highest BCUT2D eigenvalue weighted by molar-refractivity contribution is 7.13. The molecular weight excluding hydrogens is 420 g/mol. The van der Waals surface area contributed by atoms with Gasteiger partial charge in [0, 0.05) is 48.4 Å². The molecule has 3 aromatic heterocycles. The summed E-state index contributed by atoms with van der Waals surface area (Å²) in [6, 6.07) is 16.0. The fraction of sp³-hybridized carbons (Fsp3) is 0.250. The maximum absolute atomic E-state index is 13.0. The molecule has 1 aliphatic rings. The zero-order valence-electron chi connectivity index (χ0n) is 18.1. The largest absolute Gasteiger partial charge is 0.353 e. The molecule has 0 N–H and O–H groups in total. The monoisotopic (exact) mass is 444 g/mol. The summed E-state index contributed by atoms with van der Waals surface area (Å²) in [6.07, 6.45) is 1.58. The Bertz CT molecular complexity index is 1220. The summed E-state index contributed by atoms with van der Waals surface area (Å²) in [5.41, 5.74) is 3.86. The summed E-state index contributed by atoms with van der Waals surface area (Å²) >= 11 is 1.70. The van der Waals surface area contributed by atoms with E-state index >= 15 is 0 Å². The summed E-state index contributed by atoms with van der Waals surface area (Å²) in [5.74, 6) is 1.69. The van der Waals surface area contributed by atoms with Gasteiger partial charge in [0.15, 0.2) is 5.82 Å². The van der Waals surface area contributed by atoms with Crippen molar-refractivity contribution in [3.63, 3.8) is 0 Å². The van der Waals surface area contributed by atoms with Gasteiger partial charge in [0.05, 0.1) is 5.69 Å². The Hall–Kier alpha value is -3.52. The van der Waals surface area contributed by atoms with Crippen LogP contribution in [-0.4, -0.2) is 56.7 Å². The molecule has 0 aliphatic carbocycles. The first-order valence-electron chi connectivity index (χ1n) is 10.6. The third-order valence-electron chi connectivity index (χ3n) is 5.69. The molecule has 4 aromatic rings. The van der Waals surface area contributed by atoms with Gasteiger partial charge in [0.25, 0.3) is 5.91 Å². The first-order chi connectivity index (χ1) is 15.6. The molecule has 7 nitrogen and oxygen atoms in total. The van der Waals surface area contributed by atoms with Crippen molar-refractivity contribution in [1.29, 1.82) is 0 Å². The van der Waals surface area contributed by atoms with Crippen molar-refractivity contribution in [3.05, 3.63) is 77.2 Å². The van der Waals surface area contributed by atoms with Crippen LogP contribution in [-0.2, 0) is 0 Å². The predicted molar refractivity (Wildman–Crippen MR) is 126 cm³/mol. The summed E-state index contributed by atoms with van der Waals surface area (Å²) in [4.78, 5) is 27.2. The Morgan fingerprint density at radius 3 is 2.34 bits per heavy atom. The molecule has 1 amide bonds. The molecule has 0 spiro atoms. The third kappa shape index (κ3) is 4.01. The van der Waals surface area contributed by atoms with Crippen molar-refractivity contribution in [1.82, 2.24) is 24.6 Å². The number of benzene rings is 1. The van der Waals surface area contributed by atoms with Crippen LogP contribution in [0.25, 0.3) is 16.3 Å². The molecule has 162 valence electrons. The van der Waals surface area contributed by atoms with Crippen LogP contribution < -0.4 is 4.90 Å². The highest BCUT2D eigenvalue weighted by Gasteiger charge is 2.23. The zero-order valence-corrected chi connectivity index (χ0v) is 18.9. The van der Waals surface area contributed by atoms with E-state index in [1.54, 1.807) is 17.7 Å². The minimum atomic E-state index is 0.0772. The first-order valence-corrected chi connectivity index (χ1v) is 11.5. The van der Waals surface area contributed by atoms with Crippen molar-refractivity contribution >= 4 is 23.1 Å². The SMILES string of the molecule is Cc1cc(C)n(-c2cc(N3CCN(C(=O)c4ccc(-c5cccs5)cc4)CC3)ncn2)n1. The van der Waals surface area contributed by atoms with Crippen LogP contribution in [0.2, 0.25) is 0 Å². The maximum atomic E-state index is 13.0. The summed E-state index contributed by atoms with van der Waals surface area (Å²) in [7, 11) is 0. The van der Waals surface area contributed by atoms with E-state index in [1.807, 2.05) is 65.9 Å². The number of carbonyl (C=O) groups excluding carboxylic acids is 1. The molecule has 32 heavy (non-hydrogen) atoms. The van der Waals surface area contributed by atoms with Crippen LogP contribution in [0.1, 0.15) is 21.7 Å². The Kier molecular flexibility index (Phi) is 5.45. The summed E-state index contributed by atoms with van der Waals surface area (Å²) in [5, 5.41) is 6.57. The second-order valence-corrected chi connectivity index (χ2v) is 8.85. The molecule has 8 heteroatoms. The van der Waals surface area contributed by atoms with Gasteiger partial charge in [-0.3, -0.25) is 4.79 Å². The first kappa shape index (κ1) is 20.4. The molecule has 0 radical (unpaired) electrons. The second-order valence-electron chi connectivity index (χ2n) is 7.91. The van der Waals surface area contributed by atoms with E-state index in [1.165, 1.54) is 4.88 Å². The van der Waals surface area contributed by atoms with Crippen molar-refractivity contribution < 1.29 is 4.79 Å². The highest BCUT2D eigenvalue weighted by atomic mass is 32.1. The molecule has 1 saturated heterocycles. The van der Waals surface area contributed by atoms with E-state index in [0.29, 0.717) is 13.1 Å². The molecule has 1 fully saturated rings. The standard InChI is InChI=1S/C24H24N6OS/c1-17-14-18(2)30(27-17)23-15-22(25-16-26-23)28-9-11-29(12-10-28)24(31)20-7-5-19(6-8-20)21-4-3-13-32-21/h3-8,13-16H,9-12H2,1-2H3. The van der Waals surface area contributed by atoms with Crippen molar-refractivity contribution in [3.8, 4) is 16.3 Å². The number of hydrogen-bond donors (Lipinski definition) is 0. The topological polar surface area (TPSA) is 67.2 Å². The highest BCUT2D eigenvalue weighted by Crippen LogP contribution is 2.25. The van der Waals surface area contributed by atoms with Crippen molar-refractivity contribution in [2.45, 2.75) is 13.8 Å². The van der Waals surface area contributed by atoms with Gasteiger partial charge in [0.1, 0.15) is 12.1 Å². The number of hydrogen-bond acceptors (Lipinski definition) is 6. The lowest BCUT2D eigenvalue weighted by molar-refractivity contribution is 0.0746. The van der Waals surface area contributed by atoms with Gasteiger partial charge < -0.3 is 9.80 Å². The molecule has 1 aliphatic heterocycles. The van der Waals surface area contributed by atoms with Crippen molar-refractivity contribution in [2.75, 3.05) is 31.1 Å². The van der Waals surface area contributed by atoms with Crippen LogP contribution >= 0.6 is 11.3 Å². The Labute approximate surface area is 191 Å². The fourth-order valence-electron chi connectivity index (χ4n) is 4.03. The van der Waals surface area contributed by atoms with Gasteiger partial charge in [-0.15, -0.1) is 11.3 Å². The fourth-order valence-corrected chi connectivity index (χ4v) is 4.76. The van der Waals surface area contributed by atoms with Gasteiger partial charge in [-0.1, -0.05) is 18.2 Å². The molecule has 5 rings (SSSR count). The van der Waals surface area contributed by atoms with Gasteiger partial charge in [-0.2, -0.15) is 5.10 Å². The number of aromatic nitrogens is 4. The van der Waals surface area contributed by atoms with E-state index < -0.39 is 0 Å². The number of aryl methyl sites for hydroxylation is 2. The summed E-state index contributed by atoms with van der Waals surface area (Å²) in [6.45, 7) is 6.76. The Balaban J connectivity index is 1.25. The van der Waals surface area contributed by atoms with Gasteiger partial charge in [-0.05, 0) is 49.1 Å². The smallest absolute Gasteiger partial charge is 0.253 e. The normalized spacial score (nSPS) is 14.1. The molecule has 4 heterocycles. The molecule has 0 atom stereocenters. The van der Waals surface area contributed by atoms with E-state index in [9.17, 15) is 4.79 Å². The lowest BCUT2D eigenvalue weighted by Gasteiger charge is -2.35. The third-order valence-corrected chi connectivity index (χ3v) is 6.61. The Morgan fingerprint density at radius 1 is 0.938 bits per heavy atom. The van der Waals surface area contributed by atoms with Crippen LogP contribution in [0.5, 0.6) is 0 Å². The Morgan fingerprint density at radius 2 is 1.69 bits per heavy atom. The maximum Gasteiger partial charge on any atom is 0.253 e. The van der Waals surface area contributed by atoms with E-state index in [-0.39, 0.29) is 5.91 Å². The number of thiophene rings is 1. The van der Waals surface area contributed by atoms with Crippen LogP contribution in [0, 0.1) is 13.8 Å². The average Bonchev–Trinajstić information content (AvgIpc) is 3.48. The number of piperazine rings is 1. The number of carbonyl (C=O) groups is 1. The van der Waals surface area contributed by atoms with E-state index in [0.717, 1.165) is 47.2 Å². The molecule has 0 bridgehead atoms. The second kappa shape index (κ2) is 8.55. The molecule has 1 aromatic carbocycles. The molecule has 0 saturated carbocycles. The number of rotatable bonds is 4. The van der Waals surface area contributed by atoms with Crippen LogP contribution in [0.4, 0.5) is 5.82 Å². The van der Waals surface area contributed by atoms with Crippen LogP contribution in [0.3, 0.4) is 0 Å². The van der Waals surface area contributed by atoms with E-state index in [2.05, 4.69) is 31.4 Å². The average molecular weight is 445 g/mol. The van der Waals surface area contributed by atoms with Gasteiger partial charge >= 0.3 is 0 Å². The van der Waals surface area contributed by atoms with Gasteiger partial charge in [0.2, 0.25) is 0 Å². The van der Waals surface area contributed by atoms with E-state index in [4.69, 9.17) is 0 Å². The molecule has 0 unspecified atom stereocenters. The van der Waals surface area contributed by atoms with Crippen molar-refractivity contribution in [2.24, 2.45) is 0 Å². The predicted octanol–water partition coefficient (Wildman–Crippen LogP) is 3.97. The number of nitrogens with zero attached hydrogens (tertiary/aromatic N) is 6. The number of amides is 1.